The summed E-state index contributed by atoms with van der Waals surface area (Å²) in [5, 5.41) is 14.1. The number of nitrogens with zero attached hydrogens (tertiary/aromatic N) is 3. The summed E-state index contributed by atoms with van der Waals surface area (Å²) in [6.07, 6.45) is 10.2. The van der Waals surface area contributed by atoms with Crippen molar-refractivity contribution in [3.8, 4) is 0 Å². The van der Waals surface area contributed by atoms with Gasteiger partial charge in [-0.2, -0.15) is 5.10 Å². The molecule has 0 spiro atoms. The molecule has 192 valence electrons. The third-order valence-corrected chi connectivity index (χ3v) is 8.07. The minimum Gasteiger partial charge on any atom is -0.376 e. The van der Waals surface area contributed by atoms with Gasteiger partial charge in [-0.15, -0.1) is 11.3 Å². The first-order valence-corrected chi connectivity index (χ1v) is 13.6. The van der Waals surface area contributed by atoms with E-state index < -0.39 is 6.04 Å². The van der Waals surface area contributed by atoms with E-state index in [1.54, 1.807) is 23.3 Å². The molecular formula is C26H33ClN6O2S. The Labute approximate surface area is 220 Å². The second kappa shape index (κ2) is 11.9. The van der Waals surface area contributed by atoms with E-state index in [1.807, 2.05) is 39.0 Å². The third kappa shape index (κ3) is 6.64. The van der Waals surface area contributed by atoms with Crippen molar-refractivity contribution in [3.63, 3.8) is 0 Å². The Morgan fingerprint density at radius 1 is 1.25 bits per heavy atom. The number of pyridine rings is 1. The van der Waals surface area contributed by atoms with Crippen LogP contribution in [0.4, 0.5) is 11.4 Å². The highest BCUT2D eigenvalue weighted by atomic mass is 35.5. The van der Waals surface area contributed by atoms with Gasteiger partial charge in [-0.05, 0) is 51.3 Å². The molecule has 0 aliphatic heterocycles. The monoisotopic (exact) mass is 528 g/mol. The number of hydrogen-bond acceptors (Lipinski definition) is 6. The molecule has 2 amide bonds. The topological polar surface area (TPSA) is 101 Å². The highest BCUT2D eigenvalue weighted by Gasteiger charge is 2.28. The number of aromatic nitrogens is 3. The summed E-state index contributed by atoms with van der Waals surface area (Å²) in [6, 6.07) is 4.95. The molecule has 1 saturated carbocycles. The lowest BCUT2D eigenvalue weighted by Gasteiger charge is -2.21. The SMILES string of the molecule is CCn1cc(NC(=O)C(CC2CCCC2)NC(=O)c2ccc(C(C)Nc3cc(Cl)cnc3C)s2)cn1. The molecule has 36 heavy (non-hydrogen) atoms. The van der Waals surface area contributed by atoms with E-state index in [0.717, 1.165) is 35.6 Å². The predicted molar refractivity (Wildman–Crippen MR) is 145 cm³/mol. The van der Waals surface area contributed by atoms with Crippen LogP contribution in [0.5, 0.6) is 0 Å². The number of anilines is 2. The summed E-state index contributed by atoms with van der Waals surface area (Å²) < 4.78 is 1.75. The quantitative estimate of drug-likeness (QED) is 0.308. The second-order valence-corrected chi connectivity index (χ2v) is 10.9. The zero-order valence-electron chi connectivity index (χ0n) is 20.9. The number of nitrogens with one attached hydrogen (secondary N) is 3. The smallest absolute Gasteiger partial charge is 0.262 e. The van der Waals surface area contributed by atoms with Crippen molar-refractivity contribution in [2.75, 3.05) is 10.6 Å². The van der Waals surface area contributed by atoms with Crippen molar-refractivity contribution >= 4 is 46.1 Å². The average molecular weight is 529 g/mol. The van der Waals surface area contributed by atoms with E-state index >= 15 is 0 Å². The van der Waals surface area contributed by atoms with Gasteiger partial charge < -0.3 is 16.0 Å². The standard InChI is InChI=1S/C26H33ClN6O2S/c1-4-33-15-20(14-29-33)31-25(34)22(11-18-7-5-6-8-18)32-26(35)24-10-9-23(36-24)17(3)30-21-12-19(27)13-28-16(21)2/h9-10,12-15,17-18,22,30H,4-8,11H2,1-3H3,(H,31,34)(H,32,35). The van der Waals surface area contributed by atoms with Gasteiger partial charge in [-0.3, -0.25) is 19.3 Å². The number of carbonyl (C=O) groups is 2. The minimum atomic E-state index is -0.605. The first-order valence-electron chi connectivity index (χ1n) is 12.4. The van der Waals surface area contributed by atoms with Gasteiger partial charge in [0.2, 0.25) is 5.91 Å². The molecule has 1 aliphatic carbocycles. The number of hydrogen-bond donors (Lipinski definition) is 3. The van der Waals surface area contributed by atoms with Crippen molar-refractivity contribution in [3.05, 3.63) is 57.3 Å². The fraction of sp³-hybridized carbons (Fsp3) is 0.462. The van der Waals surface area contributed by atoms with Crippen LogP contribution < -0.4 is 16.0 Å². The van der Waals surface area contributed by atoms with Crippen molar-refractivity contribution in [2.24, 2.45) is 5.92 Å². The lowest BCUT2D eigenvalue weighted by molar-refractivity contribution is -0.118. The Bertz CT molecular complexity index is 1200. The van der Waals surface area contributed by atoms with Crippen LogP contribution in [-0.2, 0) is 11.3 Å². The van der Waals surface area contributed by atoms with Gasteiger partial charge in [-0.25, -0.2) is 0 Å². The molecule has 1 aliphatic rings. The lowest BCUT2D eigenvalue weighted by atomic mass is 9.97. The largest absolute Gasteiger partial charge is 0.376 e. The number of aryl methyl sites for hydroxylation is 2. The highest BCUT2D eigenvalue weighted by molar-refractivity contribution is 7.14. The Morgan fingerprint density at radius 3 is 2.75 bits per heavy atom. The fourth-order valence-corrected chi connectivity index (χ4v) is 5.61. The van der Waals surface area contributed by atoms with Gasteiger partial charge in [0.1, 0.15) is 6.04 Å². The van der Waals surface area contributed by atoms with Gasteiger partial charge in [0.25, 0.3) is 5.91 Å². The summed E-state index contributed by atoms with van der Waals surface area (Å²) in [5.74, 6) is 0.000168. The highest BCUT2D eigenvalue weighted by Crippen LogP contribution is 2.30. The van der Waals surface area contributed by atoms with Crippen LogP contribution >= 0.6 is 22.9 Å². The zero-order valence-corrected chi connectivity index (χ0v) is 22.5. The van der Waals surface area contributed by atoms with E-state index in [-0.39, 0.29) is 17.9 Å². The maximum atomic E-state index is 13.2. The van der Waals surface area contributed by atoms with Crippen LogP contribution in [0, 0.1) is 12.8 Å². The molecule has 0 aromatic carbocycles. The van der Waals surface area contributed by atoms with Gasteiger partial charge >= 0.3 is 0 Å². The molecule has 8 nitrogen and oxygen atoms in total. The van der Waals surface area contributed by atoms with Crippen molar-refractivity contribution < 1.29 is 9.59 Å². The molecular weight excluding hydrogens is 496 g/mol. The molecule has 1 fully saturated rings. The summed E-state index contributed by atoms with van der Waals surface area (Å²) in [4.78, 5) is 32.2. The molecule has 3 heterocycles. The lowest BCUT2D eigenvalue weighted by Crippen LogP contribution is -2.44. The van der Waals surface area contributed by atoms with Gasteiger partial charge in [0.05, 0.1) is 39.2 Å². The molecule has 3 aromatic rings. The maximum absolute atomic E-state index is 13.2. The van der Waals surface area contributed by atoms with E-state index in [0.29, 0.717) is 27.9 Å². The van der Waals surface area contributed by atoms with Crippen LogP contribution in [0.2, 0.25) is 5.02 Å². The number of carbonyl (C=O) groups excluding carboxylic acids is 2. The summed E-state index contributed by atoms with van der Waals surface area (Å²) >= 11 is 7.51. The molecule has 0 bridgehead atoms. The molecule has 4 rings (SSSR count). The van der Waals surface area contributed by atoms with Crippen LogP contribution in [-0.4, -0.2) is 32.6 Å². The molecule has 3 N–H and O–H groups in total. The molecule has 0 saturated heterocycles. The van der Waals surface area contributed by atoms with Gasteiger partial charge in [0, 0.05) is 23.8 Å². The van der Waals surface area contributed by atoms with E-state index in [4.69, 9.17) is 11.6 Å². The molecule has 10 heteroatoms. The van der Waals surface area contributed by atoms with E-state index in [2.05, 4.69) is 26.0 Å². The van der Waals surface area contributed by atoms with Crippen LogP contribution in [0.3, 0.4) is 0 Å². The average Bonchev–Trinajstić information content (AvgIpc) is 3.63. The van der Waals surface area contributed by atoms with Crippen LogP contribution in [0.25, 0.3) is 0 Å². The number of rotatable bonds is 10. The minimum absolute atomic E-state index is 0.0387. The molecule has 3 aromatic heterocycles. The normalized spacial score (nSPS) is 15.4. The Hall–Kier alpha value is -2.91. The first-order chi connectivity index (χ1) is 17.3. The van der Waals surface area contributed by atoms with Crippen molar-refractivity contribution in [1.82, 2.24) is 20.1 Å². The van der Waals surface area contributed by atoms with Crippen molar-refractivity contribution in [2.45, 2.75) is 71.5 Å². The van der Waals surface area contributed by atoms with Crippen molar-refractivity contribution in [1.29, 1.82) is 0 Å². The van der Waals surface area contributed by atoms with E-state index in [1.165, 1.54) is 24.2 Å². The number of amides is 2. The Kier molecular flexibility index (Phi) is 8.64. The zero-order chi connectivity index (χ0) is 25.7. The van der Waals surface area contributed by atoms with Gasteiger partial charge in [-0.1, -0.05) is 37.3 Å². The summed E-state index contributed by atoms with van der Waals surface area (Å²) in [6.45, 7) is 6.65. The molecule has 0 radical (unpaired) electrons. The summed E-state index contributed by atoms with van der Waals surface area (Å²) in [7, 11) is 0. The third-order valence-electron chi connectivity index (χ3n) is 6.59. The molecule has 2 unspecified atom stereocenters. The predicted octanol–water partition coefficient (Wildman–Crippen LogP) is 5.81. The first kappa shape index (κ1) is 26.2. The van der Waals surface area contributed by atoms with Crippen LogP contribution in [0.15, 0.2) is 36.8 Å². The van der Waals surface area contributed by atoms with E-state index in [9.17, 15) is 9.59 Å². The fourth-order valence-electron chi connectivity index (χ4n) is 4.54. The second-order valence-electron chi connectivity index (χ2n) is 9.34. The Balaban J connectivity index is 1.43. The van der Waals surface area contributed by atoms with Gasteiger partial charge in [0.15, 0.2) is 0 Å². The van der Waals surface area contributed by atoms with Crippen LogP contribution in [0.1, 0.15) is 72.2 Å². The number of thiophene rings is 1. The Morgan fingerprint density at radius 2 is 2.03 bits per heavy atom. The number of halogens is 1. The molecule has 2 atom stereocenters. The maximum Gasteiger partial charge on any atom is 0.262 e. The summed E-state index contributed by atoms with van der Waals surface area (Å²) in [5.41, 5.74) is 2.34.